The van der Waals surface area contributed by atoms with Crippen molar-refractivity contribution in [1.82, 2.24) is 9.80 Å². The molecule has 0 aromatic heterocycles. The van der Waals surface area contributed by atoms with Crippen LogP contribution in [0.2, 0.25) is 0 Å². The first-order chi connectivity index (χ1) is 11.5. The number of imide groups is 1. The Morgan fingerprint density at radius 3 is 2.16 bits per heavy atom. The number of urea groups is 1. The fourth-order valence-corrected chi connectivity index (χ4v) is 2.43. The number of likely N-dealkylation sites (N-methyl/N-ethyl adjacent to an activating group) is 1. The van der Waals surface area contributed by atoms with Crippen LogP contribution in [0.15, 0.2) is 12.2 Å². The Hall–Kier alpha value is -1.89. The van der Waals surface area contributed by atoms with Crippen LogP contribution >= 0.6 is 0 Å². The van der Waals surface area contributed by atoms with Crippen LogP contribution in [-0.4, -0.2) is 59.0 Å². The highest BCUT2D eigenvalue weighted by Gasteiger charge is 2.36. The Kier molecular flexibility index (Phi) is 10.0. The number of aliphatic hydroxyl groups is 1. The smallest absolute Gasteiger partial charge is 0.326 e. The number of allylic oxidation sites excluding steroid dienone is 2. The monoisotopic (exact) mass is 355 g/mol. The second-order valence-corrected chi connectivity index (χ2v) is 6.90. The van der Waals surface area contributed by atoms with E-state index in [1.54, 1.807) is 6.92 Å². The molecule has 0 rings (SSSR count). The maximum absolute atomic E-state index is 12.5. The molecule has 0 heterocycles. The maximum Gasteiger partial charge on any atom is 0.326 e. The predicted molar refractivity (Wildman–Crippen MR) is 97.6 cm³/mol. The van der Waals surface area contributed by atoms with Crippen LogP contribution in [0, 0.1) is 11.8 Å². The Bertz CT molecular complexity index is 491. The Balaban J connectivity index is 5.13. The van der Waals surface area contributed by atoms with Gasteiger partial charge in [0.2, 0.25) is 11.8 Å². The third-order valence-corrected chi connectivity index (χ3v) is 4.26. The molecule has 0 aliphatic carbocycles. The van der Waals surface area contributed by atoms with Gasteiger partial charge in [-0.1, -0.05) is 32.9 Å². The molecule has 0 radical (unpaired) electrons. The number of aliphatic hydroxyl groups excluding tert-OH is 1. The third kappa shape index (κ3) is 7.25. The molecule has 25 heavy (non-hydrogen) atoms. The van der Waals surface area contributed by atoms with E-state index in [0.29, 0.717) is 18.8 Å². The number of amides is 4. The van der Waals surface area contributed by atoms with E-state index < -0.39 is 24.1 Å². The molecule has 7 heteroatoms. The van der Waals surface area contributed by atoms with Crippen molar-refractivity contribution in [3.05, 3.63) is 12.2 Å². The normalized spacial score (nSPS) is 15.0. The van der Waals surface area contributed by atoms with Gasteiger partial charge < -0.3 is 15.7 Å². The van der Waals surface area contributed by atoms with Crippen LogP contribution in [-0.2, 0) is 9.59 Å². The van der Waals surface area contributed by atoms with Crippen molar-refractivity contribution in [2.24, 2.45) is 17.6 Å². The first-order valence-electron chi connectivity index (χ1n) is 8.66. The highest BCUT2D eigenvalue weighted by molar-refractivity contribution is 5.96. The Morgan fingerprint density at radius 1 is 1.16 bits per heavy atom. The lowest BCUT2D eigenvalue weighted by Gasteiger charge is -2.34. The Labute approximate surface area is 150 Å². The Morgan fingerprint density at radius 2 is 1.72 bits per heavy atom. The maximum atomic E-state index is 12.5. The SMILES string of the molecule is C/C=C/C[C@@H](C)[C@@H](O)[C@@H](C(N)=O)N(C)C(=O)N(C)C(=O)CCC(C)C. The second kappa shape index (κ2) is 10.9. The molecule has 144 valence electrons. The number of hydrogen-bond donors (Lipinski definition) is 2. The summed E-state index contributed by atoms with van der Waals surface area (Å²) in [5, 5.41) is 10.5. The van der Waals surface area contributed by atoms with E-state index in [-0.39, 0.29) is 18.2 Å². The molecule has 0 aliphatic rings. The molecular weight excluding hydrogens is 322 g/mol. The van der Waals surface area contributed by atoms with E-state index in [2.05, 4.69) is 0 Å². The van der Waals surface area contributed by atoms with Crippen LogP contribution in [0.3, 0.4) is 0 Å². The summed E-state index contributed by atoms with van der Waals surface area (Å²) in [4.78, 5) is 38.5. The van der Waals surface area contributed by atoms with Crippen LogP contribution in [0.25, 0.3) is 0 Å². The fourth-order valence-electron chi connectivity index (χ4n) is 2.43. The predicted octanol–water partition coefficient (Wildman–Crippen LogP) is 1.75. The first kappa shape index (κ1) is 23.1. The van der Waals surface area contributed by atoms with Gasteiger partial charge in [-0.15, -0.1) is 0 Å². The van der Waals surface area contributed by atoms with Crippen molar-refractivity contribution in [1.29, 1.82) is 0 Å². The van der Waals surface area contributed by atoms with Crippen molar-refractivity contribution in [3.63, 3.8) is 0 Å². The van der Waals surface area contributed by atoms with Crippen molar-refractivity contribution in [2.75, 3.05) is 14.1 Å². The number of hydrogen-bond acceptors (Lipinski definition) is 4. The number of nitrogens with zero attached hydrogens (tertiary/aromatic N) is 2. The summed E-state index contributed by atoms with van der Waals surface area (Å²) in [5.41, 5.74) is 5.40. The summed E-state index contributed by atoms with van der Waals surface area (Å²) >= 11 is 0. The molecule has 0 spiro atoms. The highest BCUT2D eigenvalue weighted by atomic mass is 16.3. The summed E-state index contributed by atoms with van der Waals surface area (Å²) in [5.74, 6) is -1.06. The number of rotatable bonds is 9. The summed E-state index contributed by atoms with van der Waals surface area (Å²) < 4.78 is 0. The molecule has 3 N–H and O–H groups in total. The van der Waals surface area contributed by atoms with Gasteiger partial charge >= 0.3 is 6.03 Å². The minimum Gasteiger partial charge on any atom is -0.390 e. The molecule has 0 unspecified atom stereocenters. The third-order valence-electron chi connectivity index (χ3n) is 4.26. The minimum atomic E-state index is -1.20. The van der Waals surface area contributed by atoms with Crippen LogP contribution in [0.5, 0.6) is 0 Å². The van der Waals surface area contributed by atoms with Gasteiger partial charge in [-0.25, -0.2) is 4.79 Å². The molecule has 0 aliphatic heterocycles. The van der Waals surface area contributed by atoms with E-state index >= 15 is 0 Å². The van der Waals surface area contributed by atoms with Crippen molar-refractivity contribution in [3.8, 4) is 0 Å². The lowest BCUT2D eigenvalue weighted by Crippen LogP contribution is -2.57. The zero-order chi connectivity index (χ0) is 19.7. The highest BCUT2D eigenvalue weighted by Crippen LogP contribution is 2.17. The quantitative estimate of drug-likeness (QED) is 0.615. The van der Waals surface area contributed by atoms with Crippen LogP contribution in [0.1, 0.15) is 47.0 Å². The van der Waals surface area contributed by atoms with Gasteiger partial charge in [-0.2, -0.15) is 0 Å². The van der Waals surface area contributed by atoms with Crippen molar-refractivity contribution in [2.45, 2.75) is 59.1 Å². The molecule has 0 saturated heterocycles. The standard InChI is InChI=1S/C18H33N3O4/c1-7-8-9-13(4)16(23)15(17(19)24)21(6)18(25)20(5)14(22)11-10-12(2)3/h7-8,12-13,15-16,23H,9-11H2,1-6H3,(H2,19,24)/b8-7+/t13-,15+,16-/m1/s1. The number of primary amides is 1. The molecule has 7 nitrogen and oxygen atoms in total. The number of carbonyl (C=O) groups is 3. The van der Waals surface area contributed by atoms with Gasteiger partial charge in [-0.05, 0) is 31.6 Å². The molecule has 0 saturated carbocycles. The zero-order valence-corrected chi connectivity index (χ0v) is 16.2. The molecule has 3 atom stereocenters. The summed E-state index contributed by atoms with van der Waals surface area (Å²) in [6, 6.07) is -1.86. The number of nitrogens with two attached hydrogens (primary N) is 1. The largest absolute Gasteiger partial charge is 0.390 e. The molecular formula is C18H33N3O4. The second-order valence-electron chi connectivity index (χ2n) is 6.90. The first-order valence-corrected chi connectivity index (χ1v) is 8.66. The number of carbonyl (C=O) groups excluding carboxylic acids is 3. The van der Waals surface area contributed by atoms with Gasteiger partial charge in [0.15, 0.2) is 0 Å². The molecule has 0 aromatic rings. The average Bonchev–Trinajstić information content (AvgIpc) is 2.55. The topological polar surface area (TPSA) is 104 Å². The van der Waals surface area contributed by atoms with Crippen LogP contribution in [0.4, 0.5) is 4.79 Å². The van der Waals surface area contributed by atoms with E-state index in [0.717, 1.165) is 9.80 Å². The molecule has 4 amide bonds. The van der Waals surface area contributed by atoms with E-state index in [1.807, 2.05) is 32.9 Å². The van der Waals surface area contributed by atoms with Crippen molar-refractivity contribution < 1.29 is 19.5 Å². The van der Waals surface area contributed by atoms with Gasteiger partial charge in [0.1, 0.15) is 6.04 Å². The fraction of sp³-hybridized carbons (Fsp3) is 0.722. The van der Waals surface area contributed by atoms with Gasteiger partial charge in [-0.3, -0.25) is 14.5 Å². The van der Waals surface area contributed by atoms with E-state index in [1.165, 1.54) is 14.1 Å². The summed E-state index contributed by atoms with van der Waals surface area (Å²) in [7, 11) is 2.74. The van der Waals surface area contributed by atoms with Crippen molar-refractivity contribution >= 4 is 17.8 Å². The lowest BCUT2D eigenvalue weighted by molar-refractivity contribution is -0.131. The van der Waals surface area contributed by atoms with Gasteiger partial charge in [0.25, 0.3) is 0 Å². The minimum absolute atomic E-state index is 0.245. The lowest BCUT2D eigenvalue weighted by atomic mass is 9.93. The van der Waals surface area contributed by atoms with Gasteiger partial charge in [0.05, 0.1) is 6.10 Å². The summed E-state index contributed by atoms with van der Waals surface area (Å²) in [6.07, 6.45) is 4.06. The van der Waals surface area contributed by atoms with Gasteiger partial charge in [0, 0.05) is 20.5 Å². The molecule has 0 bridgehead atoms. The van der Waals surface area contributed by atoms with E-state index in [9.17, 15) is 19.5 Å². The van der Waals surface area contributed by atoms with Crippen LogP contribution < -0.4 is 5.73 Å². The van der Waals surface area contributed by atoms with E-state index in [4.69, 9.17) is 5.73 Å². The zero-order valence-electron chi connectivity index (χ0n) is 16.2. The molecule has 0 fully saturated rings. The summed E-state index contributed by atoms with van der Waals surface area (Å²) in [6.45, 7) is 7.62. The molecule has 0 aromatic carbocycles. The average molecular weight is 355 g/mol.